The number of aryl methyl sites for hydroxylation is 2. The highest BCUT2D eigenvalue weighted by atomic mass is 16.5. The Balaban J connectivity index is 0.000000155. The van der Waals surface area contributed by atoms with Gasteiger partial charge in [0.15, 0.2) is 0 Å². The minimum absolute atomic E-state index is 0.0693. The Morgan fingerprint density at radius 1 is 0.692 bits per heavy atom. The molecule has 1 spiro atoms. The second-order valence-corrected chi connectivity index (χ2v) is 20.0. The smallest absolute Gasteiger partial charge is 0.129 e. The molecular formula is C71H68N6O. The van der Waals surface area contributed by atoms with E-state index in [2.05, 4.69) is 213 Å². The van der Waals surface area contributed by atoms with Crippen molar-refractivity contribution in [3.05, 3.63) is 299 Å². The molecule has 13 rings (SSSR count). The molecule has 0 saturated heterocycles. The topological polar surface area (TPSA) is 140 Å². The molecular weight excluding hydrogens is 953 g/mol. The summed E-state index contributed by atoms with van der Waals surface area (Å²) in [4.78, 5) is 0. The number of nitrogens with one attached hydrogen (secondary N) is 2. The number of amidine groups is 1. The van der Waals surface area contributed by atoms with E-state index in [0.29, 0.717) is 6.42 Å². The summed E-state index contributed by atoms with van der Waals surface area (Å²) in [6.07, 6.45) is 11.3. The maximum atomic E-state index is 8.17. The number of ether oxygens (including phenoxy) is 1. The van der Waals surface area contributed by atoms with Gasteiger partial charge in [0.05, 0.1) is 28.5 Å². The standard InChI is InChI=1S/C34H26N4.C22H20O.C7H10.C7H8.CH4N2/c1-19(35)21-9-6-12-27-31(21)24-18-20(33(36)37)16-17-25(24)34(27)26-11-3-5-15-30(26)38-29-14-4-2-8-22(29)23-10-7-13-28(34)32(23)38;1-17-8-6-7-11-22(17)23-18(2)16-19-12-14-21(15-13-19)20-9-4-3-5-10-20;2*1-7-5-3-2-4-6-7;2-1-3/h2-19H,35H2,1H3,(H3,36,37);3-15H,2,16H2,1H3;2-5,7H,6H2,1H3;2-6H,1H3;1H,(H3,2,3). The second kappa shape index (κ2) is 24.1. The number of benzene rings is 9. The summed E-state index contributed by atoms with van der Waals surface area (Å²) < 4.78 is 8.31. The summed E-state index contributed by atoms with van der Waals surface area (Å²) in [6.45, 7) is 12.4. The maximum Gasteiger partial charge on any atom is 0.129 e. The number of para-hydroxylation sites is 4. The Labute approximate surface area is 459 Å². The SMILES string of the molecule is C=C(Cc1ccc(-c2ccccc2)cc1)Oc1ccccc1C.CC(N)c1cccc2c1-c1cc(C(=N)N)ccc1C21c2ccccc2-n2c3ccccc3c3cccc1c32.CC1C=CC=CC1.Cc1ccccc1.N=CN. The molecule has 9 aromatic carbocycles. The summed E-state index contributed by atoms with van der Waals surface area (Å²) in [5.74, 6) is 2.47. The summed E-state index contributed by atoms with van der Waals surface area (Å²) in [5.41, 5.74) is 35.3. The lowest BCUT2D eigenvalue weighted by molar-refractivity contribution is 0.413. The van der Waals surface area contributed by atoms with E-state index in [1.807, 2.05) is 68.4 Å². The fraction of sp³-hybridized carbons (Fsp3) is 0.127. The zero-order valence-electron chi connectivity index (χ0n) is 45.0. The summed E-state index contributed by atoms with van der Waals surface area (Å²) >= 11 is 0. The van der Waals surface area contributed by atoms with Crippen LogP contribution < -0.4 is 21.9 Å². The van der Waals surface area contributed by atoms with Crippen molar-refractivity contribution in [2.75, 3.05) is 0 Å². The zero-order chi connectivity index (χ0) is 54.8. The number of rotatable bonds is 7. The molecule has 7 nitrogen and oxygen atoms in total. The van der Waals surface area contributed by atoms with Crippen molar-refractivity contribution in [1.29, 1.82) is 10.8 Å². The number of allylic oxidation sites excluding steroid dienone is 5. The van der Waals surface area contributed by atoms with Gasteiger partial charge in [-0.3, -0.25) is 10.8 Å². The first-order valence-electron chi connectivity index (χ1n) is 26.6. The number of hydrogen-bond acceptors (Lipinski definition) is 4. The molecule has 3 aliphatic rings. The molecule has 0 saturated carbocycles. The van der Waals surface area contributed by atoms with Gasteiger partial charge in [-0.05, 0) is 119 Å². The Morgan fingerprint density at radius 2 is 1.31 bits per heavy atom. The summed E-state index contributed by atoms with van der Waals surface area (Å²) in [7, 11) is 0. The van der Waals surface area contributed by atoms with Crippen molar-refractivity contribution in [2.45, 2.75) is 52.0 Å². The normalized spacial score (nSPS) is 15.0. The van der Waals surface area contributed by atoms with Gasteiger partial charge in [-0.1, -0.05) is 231 Å². The van der Waals surface area contributed by atoms with Crippen LogP contribution in [-0.4, -0.2) is 16.7 Å². The lowest BCUT2D eigenvalue weighted by Crippen LogP contribution is -2.33. The highest BCUT2D eigenvalue weighted by Crippen LogP contribution is 2.62. The van der Waals surface area contributed by atoms with E-state index in [9.17, 15) is 0 Å². The van der Waals surface area contributed by atoms with E-state index >= 15 is 0 Å². The highest BCUT2D eigenvalue weighted by Gasteiger charge is 2.51. The van der Waals surface area contributed by atoms with Crippen LogP contribution in [0, 0.1) is 30.6 Å². The number of nitrogen functional groups attached to an aromatic ring is 1. The molecule has 3 unspecified atom stereocenters. The largest absolute Gasteiger partial charge is 0.462 e. The molecule has 388 valence electrons. The Kier molecular flexibility index (Phi) is 16.6. The maximum absolute atomic E-state index is 8.17. The van der Waals surface area contributed by atoms with E-state index in [1.165, 1.54) is 78.4 Å². The third-order valence-corrected chi connectivity index (χ3v) is 14.6. The van der Waals surface area contributed by atoms with Crippen LogP contribution in [0.4, 0.5) is 0 Å². The quantitative estimate of drug-likeness (QED) is 0.0616. The van der Waals surface area contributed by atoms with Crippen LogP contribution in [-0.2, 0) is 11.8 Å². The Hall–Kier alpha value is -9.30. The zero-order valence-corrected chi connectivity index (χ0v) is 45.0. The first-order chi connectivity index (χ1) is 38.0. The first-order valence-corrected chi connectivity index (χ1v) is 26.6. The Bertz CT molecular complexity index is 3810. The van der Waals surface area contributed by atoms with Gasteiger partial charge in [0.2, 0.25) is 0 Å². The molecule has 0 bridgehead atoms. The second-order valence-electron chi connectivity index (χ2n) is 20.0. The number of nitrogens with zero attached hydrogens (tertiary/aromatic N) is 1. The number of aromatic nitrogens is 1. The van der Waals surface area contributed by atoms with Gasteiger partial charge < -0.3 is 26.5 Å². The van der Waals surface area contributed by atoms with E-state index in [-0.39, 0.29) is 11.9 Å². The molecule has 7 heteroatoms. The minimum atomic E-state index is -0.522. The van der Waals surface area contributed by atoms with Gasteiger partial charge in [-0.15, -0.1) is 0 Å². The van der Waals surface area contributed by atoms with Gasteiger partial charge in [0.1, 0.15) is 17.3 Å². The van der Waals surface area contributed by atoms with E-state index in [4.69, 9.17) is 27.0 Å². The van der Waals surface area contributed by atoms with Crippen LogP contribution >= 0.6 is 0 Å². The average molecular weight is 1020 g/mol. The van der Waals surface area contributed by atoms with E-state index in [1.54, 1.807) is 0 Å². The lowest BCUT2D eigenvalue weighted by atomic mass is 9.65. The lowest BCUT2D eigenvalue weighted by Gasteiger charge is -2.39. The molecule has 1 aromatic heterocycles. The van der Waals surface area contributed by atoms with E-state index < -0.39 is 5.41 Å². The summed E-state index contributed by atoms with van der Waals surface area (Å²) in [5, 5.41) is 16.5. The number of nitrogens with two attached hydrogens (primary N) is 3. The van der Waals surface area contributed by atoms with Crippen LogP contribution in [0.15, 0.2) is 249 Å². The first kappa shape index (κ1) is 53.5. The molecule has 1 aliphatic heterocycles. The summed E-state index contributed by atoms with van der Waals surface area (Å²) in [6, 6.07) is 74.1. The van der Waals surface area contributed by atoms with E-state index in [0.717, 1.165) is 51.6 Å². The van der Waals surface area contributed by atoms with Gasteiger partial charge >= 0.3 is 0 Å². The van der Waals surface area contributed by atoms with Crippen molar-refractivity contribution in [3.8, 4) is 33.7 Å². The minimum Gasteiger partial charge on any atom is -0.462 e. The van der Waals surface area contributed by atoms with Gasteiger partial charge in [0.25, 0.3) is 0 Å². The van der Waals surface area contributed by atoms with Crippen molar-refractivity contribution in [3.63, 3.8) is 0 Å². The third-order valence-electron chi connectivity index (χ3n) is 14.6. The Morgan fingerprint density at radius 3 is 1.96 bits per heavy atom. The monoisotopic (exact) mass is 1020 g/mol. The fourth-order valence-electron chi connectivity index (χ4n) is 11.0. The number of hydrogen-bond donors (Lipinski definition) is 5. The molecule has 2 heterocycles. The molecule has 3 atom stereocenters. The van der Waals surface area contributed by atoms with Gasteiger partial charge in [-0.25, -0.2) is 0 Å². The molecule has 0 amide bonds. The molecule has 8 N–H and O–H groups in total. The fourth-order valence-corrected chi connectivity index (χ4v) is 11.0. The van der Waals surface area contributed by atoms with Crippen LogP contribution in [0.3, 0.4) is 0 Å². The van der Waals surface area contributed by atoms with Crippen molar-refractivity contribution in [1.82, 2.24) is 4.57 Å². The highest BCUT2D eigenvalue weighted by molar-refractivity contribution is 6.13. The average Bonchev–Trinajstić information content (AvgIpc) is 4.19. The van der Waals surface area contributed by atoms with Crippen LogP contribution in [0.2, 0.25) is 0 Å². The number of fused-ring (bicyclic) bond motifs is 12. The molecule has 10 aromatic rings. The molecule has 0 fully saturated rings. The van der Waals surface area contributed by atoms with Crippen molar-refractivity contribution < 1.29 is 4.74 Å². The third kappa shape index (κ3) is 10.9. The van der Waals surface area contributed by atoms with Crippen LogP contribution in [0.1, 0.15) is 76.4 Å². The van der Waals surface area contributed by atoms with Crippen LogP contribution in [0.5, 0.6) is 5.75 Å². The van der Waals surface area contributed by atoms with Gasteiger partial charge in [0, 0.05) is 28.8 Å². The van der Waals surface area contributed by atoms with Crippen molar-refractivity contribution in [2.24, 2.45) is 23.1 Å². The predicted molar refractivity (Wildman–Crippen MR) is 328 cm³/mol. The predicted octanol–water partition coefficient (Wildman–Crippen LogP) is 16.2. The molecule has 2 aliphatic carbocycles. The molecule has 0 radical (unpaired) electrons. The van der Waals surface area contributed by atoms with Crippen LogP contribution in [0.25, 0.3) is 49.7 Å². The van der Waals surface area contributed by atoms with Gasteiger partial charge in [-0.2, -0.15) is 0 Å². The van der Waals surface area contributed by atoms with Crippen molar-refractivity contribution >= 4 is 34.0 Å². The molecule has 78 heavy (non-hydrogen) atoms.